The van der Waals surface area contributed by atoms with Crippen LogP contribution in [0.25, 0.3) is 22.0 Å². The van der Waals surface area contributed by atoms with Crippen LogP contribution >= 0.6 is 11.3 Å². The van der Waals surface area contributed by atoms with E-state index in [0.717, 1.165) is 22.9 Å². The molecular formula is C22H15F6N5O4S. The van der Waals surface area contributed by atoms with E-state index in [-0.39, 0.29) is 22.2 Å². The van der Waals surface area contributed by atoms with Crippen LogP contribution in [-0.2, 0) is 17.9 Å². The Morgan fingerprint density at radius 1 is 1.11 bits per heavy atom. The van der Waals surface area contributed by atoms with Crippen molar-refractivity contribution < 1.29 is 36.0 Å². The molecule has 0 radical (unpaired) electrons. The van der Waals surface area contributed by atoms with E-state index in [1.807, 2.05) is 0 Å². The highest BCUT2D eigenvalue weighted by Gasteiger charge is 2.42. The first-order valence-electron chi connectivity index (χ1n) is 10.5. The Kier molecular flexibility index (Phi) is 7.28. The van der Waals surface area contributed by atoms with Crippen molar-refractivity contribution in [2.45, 2.75) is 19.3 Å². The molecule has 200 valence electrons. The average Bonchev–Trinajstić information content (AvgIpc) is 3.45. The molecule has 0 aliphatic heterocycles. The van der Waals surface area contributed by atoms with Gasteiger partial charge in [0.1, 0.15) is 11.8 Å². The van der Waals surface area contributed by atoms with Crippen LogP contribution < -0.4 is 21.8 Å². The number of hydrogen-bond acceptors (Lipinski definition) is 7. The van der Waals surface area contributed by atoms with Gasteiger partial charge in [0.15, 0.2) is 5.82 Å². The molecule has 4 aromatic rings. The fraction of sp³-hybridized carbons (Fsp3) is 0.182. The van der Waals surface area contributed by atoms with Crippen molar-refractivity contribution in [2.24, 2.45) is 5.73 Å². The van der Waals surface area contributed by atoms with Crippen molar-refractivity contribution in [3.8, 4) is 11.1 Å². The molecular weight excluding hydrogens is 544 g/mol. The first-order valence-corrected chi connectivity index (χ1v) is 11.3. The van der Waals surface area contributed by atoms with Gasteiger partial charge in [-0.15, -0.1) is 16.1 Å². The third-order valence-corrected chi connectivity index (χ3v) is 6.19. The number of alkyl halides is 3. The summed E-state index contributed by atoms with van der Waals surface area (Å²) in [6, 6.07) is 5.91. The predicted molar refractivity (Wildman–Crippen MR) is 123 cm³/mol. The summed E-state index contributed by atoms with van der Waals surface area (Å²) in [5.74, 6) is -3.82. The molecule has 0 fully saturated rings. The fourth-order valence-electron chi connectivity index (χ4n) is 3.45. The van der Waals surface area contributed by atoms with Gasteiger partial charge in [0, 0.05) is 28.4 Å². The molecule has 9 nitrogen and oxygen atoms in total. The van der Waals surface area contributed by atoms with Crippen molar-refractivity contribution >= 4 is 28.2 Å². The second-order valence-electron chi connectivity index (χ2n) is 7.81. The molecule has 0 spiro atoms. The predicted octanol–water partition coefficient (Wildman–Crippen LogP) is 2.90. The molecule has 1 aromatic carbocycles. The van der Waals surface area contributed by atoms with Gasteiger partial charge in [-0.05, 0) is 40.8 Å². The minimum absolute atomic E-state index is 0.0201. The van der Waals surface area contributed by atoms with E-state index in [4.69, 9.17) is 5.73 Å². The lowest BCUT2D eigenvalue weighted by molar-refractivity contribution is -0.199. The van der Waals surface area contributed by atoms with E-state index >= 15 is 0 Å². The average molecular weight is 559 g/mol. The molecule has 0 saturated heterocycles. The minimum Gasteiger partial charge on any atom is -0.327 e. The molecule has 3 heterocycles. The van der Waals surface area contributed by atoms with Crippen LogP contribution in [0.4, 0.5) is 26.3 Å². The number of halogens is 6. The van der Waals surface area contributed by atoms with E-state index in [0.29, 0.717) is 10.4 Å². The van der Waals surface area contributed by atoms with E-state index in [2.05, 4.69) is 9.94 Å². The maximum absolute atomic E-state index is 15.0. The molecule has 4 rings (SSSR count). The third-order valence-electron chi connectivity index (χ3n) is 5.27. The van der Waals surface area contributed by atoms with Crippen molar-refractivity contribution in [3.63, 3.8) is 0 Å². The number of benzene rings is 1. The lowest BCUT2D eigenvalue weighted by atomic mass is 10.1. The summed E-state index contributed by atoms with van der Waals surface area (Å²) < 4.78 is 80.4. The Morgan fingerprint density at radius 2 is 1.84 bits per heavy atom. The molecule has 2 N–H and O–H groups in total. The monoisotopic (exact) mass is 559 g/mol. The van der Waals surface area contributed by atoms with Crippen LogP contribution in [-0.4, -0.2) is 37.8 Å². The van der Waals surface area contributed by atoms with Gasteiger partial charge in [-0.3, -0.25) is 9.36 Å². The van der Waals surface area contributed by atoms with Crippen LogP contribution in [0.3, 0.4) is 0 Å². The zero-order chi connectivity index (χ0) is 27.8. The number of nitrogens with zero attached hydrogens (tertiary/aromatic N) is 4. The van der Waals surface area contributed by atoms with Crippen molar-refractivity contribution in [1.82, 2.24) is 19.1 Å². The molecule has 0 aliphatic carbocycles. The number of thiophene rings is 1. The summed E-state index contributed by atoms with van der Waals surface area (Å²) >= 11 is 1.19. The Hall–Kier alpha value is -4.18. The van der Waals surface area contributed by atoms with Crippen molar-refractivity contribution in [2.75, 3.05) is 6.54 Å². The van der Waals surface area contributed by atoms with E-state index in [1.165, 1.54) is 28.3 Å². The second kappa shape index (κ2) is 10.3. The summed E-state index contributed by atoms with van der Waals surface area (Å²) in [5, 5.41) is 5.41. The standard InChI is InChI=1S/C22H15F6N5O4S/c23-16-5-12(3-11-1-2-17(34)33(18(11)16)37-20(35)22(26,27)28)13-4-15(38-9-13)8-31-10-30-32(21(31)36)7-14(6-29)19(24)25/h1-5,9-10H,6-8,29H2. The van der Waals surface area contributed by atoms with E-state index in [9.17, 15) is 40.7 Å². The van der Waals surface area contributed by atoms with Gasteiger partial charge in [0.05, 0.1) is 13.1 Å². The molecule has 0 aliphatic rings. The first kappa shape index (κ1) is 26.9. The summed E-state index contributed by atoms with van der Waals surface area (Å²) in [7, 11) is 0. The topological polar surface area (TPSA) is 114 Å². The minimum atomic E-state index is -5.41. The second-order valence-corrected chi connectivity index (χ2v) is 8.80. The number of aromatic nitrogens is 4. The van der Waals surface area contributed by atoms with E-state index in [1.54, 1.807) is 11.4 Å². The van der Waals surface area contributed by atoms with Gasteiger partial charge >= 0.3 is 17.8 Å². The van der Waals surface area contributed by atoms with Gasteiger partial charge in [0.2, 0.25) is 0 Å². The Labute approximate surface area is 211 Å². The Balaban J connectivity index is 1.62. The smallest absolute Gasteiger partial charge is 0.327 e. The quantitative estimate of drug-likeness (QED) is 0.349. The number of carbonyl (C=O) groups excluding carboxylic acids is 1. The van der Waals surface area contributed by atoms with Crippen LogP contribution in [0, 0.1) is 5.82 Å². The summed E-state index contributed by atoms with van der Waals surface area (Å²) in [4.78, 5) is 40.4. The molecule has 0 atom stereocenters. The largest absolute Gasteiger partial charge is 0.493 e. The normalized spacial score (nSPS) is 11.7. The SMILES string of the molecule is NCC(Cn1ncn(Cc2cc(-c3cc(F)c4c(ccc(=O)n4OC(=O)C(F)(F)F)c3)cs2)c1=O)=C(F)F. The molecule has 0 bridgehead atoms. The van der Waals surface area contributed by atoms with Crippen LogP contribution in [0.15, 0.2) is 63.3 Å². The third kappa shape index (κ3) is 5.40. The zero-order valence-electron chi connectivity index (χ0n) is 18.8. The Bertz CT molecular complexity index is 1680. The number of nitrogens with two attached hydrogens (primary N) is 1. The highest BCUT2D eigenvalue weighted by atomic mass is 32.1. The molecule has 0 amide bonds. The number of hydrogen-bond donors (Lipinski definition) is 1. The van der Waals surface area contributed by atoms with Gasteiger partial charge in [0.25, 0.3) is 11.6 Å². The Morgan fingerprint density at radius 3 is 2.50 bits per heavy atom. The summed E-state index contributed by atoms with van der Waals surface area (Å²) in [5.41, 5.74) is 3.08. The van der Waals surface area contributed by atoms with Crippen LogP contribution in [0.2, 0.25) is 0 Å². The van der Waals surface area contributed by atoms with Crippen molar-refractivity contribution in [3.05, 3.63) is 85.2 Å². The number of carbonyl (C=O) groups is 1. The zero-order valence-corrected chi connectivity index (χ0v) is 19.7. The van der Waals surface area contributed by atoms with Gasteiger partial charge in [-0.25, -0.2) is 18.7 Å². The van der Waals surface area contributed by atoms with Crippen molar-refractivity contribution in [1.29, 1.82) is 0 Å². The molecule has 0 saturated carbocycles. The van der Waals surface area contributed by atoms with E-state index < -0.39 is 59.5 Å². The highest BCUT2D eigenvalue weighted by Crippen LogP contribution is 2.30. The highest BCUT2D eigenvalue weighted by molar-refractivity contribution is 7.10. The molecule has 0 unspecified atom stereocenters. The number of rotatable bonds is 7. The fourth-order valence-corrected chi connectivity index (χ4v) is 4.34. The molecule has 38 heavy (non-hydrogen) atoms. The lowest BCUT2D eigenvalue weighted by Crippen LogP contribution is -2.38. The van der Waals surface area contributed by atoms with Gasteiger partial charge in [-0.2, -0.15) is 27.1 Å². The number of fused-ring (bicyclic) bond motifs is 1. The maximum Gasteiger partial charge on any atom is 0.493 e. The first-order chi connectivity index (χ1) is 17.9. The molecule has 3 aromatic heterocycles. The maximum atomic E-state index is 15.0. The van der Waals surface area contributed by atoms with Crippen LogP contribution in [0.1, 0.15) is 4.88 Å². The van der Waals surface area contributed by atoms with Crippen LogP contribution in [0.5, 0.6) is 0 Å². The number of pyridine rings is 1. The lowest BCUT2D eigenvalue weighted by Gasteiger charge is -2.12. The molecule has 16 heteroatoms. The van der Waals surface area contributed by atoms with Gasteiger partial charge in [-0.1, -0.05) is 0 Å². The summed E-state index contributed by atoms with van der Waals surface area (Å²) in [6.07, 6.45) is -6.23. The summed E-state index contributed by atoms with van der Waals surface area (Å²) in [6.45, 7) is -0.897. The van der Waals surface area contributed by atoms with Gasteiger partial charge < -0.3 is 10.6 Å².